The van der Waals surface area contributed by atoms with Crippen LogP contribution in [-0.4, -0.2) is 16.9 Å². The van der Waals surface area contributed by atoms with Gasteiger partial charge >= 0.3 is 0 Å². The molecule has 3 heteroatoms. The monoisotopic (exact) mass is 243 g/mol. The molecule has 1 nitrogen and oxygen atoms in total. The van der Waals surface area contributed by atoms with Gasteiger partial charge in [0.1, 0.15) is 0 Å². The Bertz CT molecular complexity index is 86.5. The summed E-state index contributed by atoms with van der Waals surface area (Å²) in [5.74, 6) is 0.845. The molecule has 1 rings (SSSR count). The Balaban J connectivity index is 2.16. The van der Waals surface area contributed by atoms with E-state index in [-0.39, 0.29) is 0 Å². The van der Waals surface area contributed by atoms with Crippen molar-refractivity contribution in [2.24, 2.45) is 5.92 Å². The van der Waals surface area contributed by atoms with Crippen LogP contribution in [-0.2, 0) is 0 Å². The molecule has 0 N–H and O–H groups in total. The summed E-state index contributed by atoms with van der Waals surface area (Å²) in [6.45, 7) is 5.85. The zero-order valence-corrected chi connectivity index (χ0v) is 8.07. The van der Waals surface area contributed by atoms with Crippen molar-refractivity contribution < 1.29 is 0 Å². The van der Waals surface area contributed by atoms with Gasteiger partial charge in [-0.25, -0.2) is 4.31 Å². The summed E-state index contributed by atoms with van der Waals surface area (Å²) in [6, 6.07) is 0.872. The minimum atomic E-state index is 0.845. The average Bonchev–Trinajstić information content (AvgIpc) is 2.42. The summed E-state index contributed by atoms with van der Waals surface area (Å²) >= 11 is 2.33. The largest absolute Gasteiger partial charge is 0.235 e. The Morgan fingerprint density at radius 3 is 2.50 bits per heavy atom. The van der Waals surface area contributed by atoms with Crippen molar-refractivity contribution in [3.8, 4) is 0 Å². The van der Waals surface area contributed by atoms with Crippen molar-refractivity contribution >= 4 is 30.3 Å². The summed E-state index contributed by atoms with van der Waals surface area (Å²) in [5.41, 5.74) is 0. The van der Waals surface area contributed by atoms with Crippen LogP contribution < -0.4 is 0 Å². The number of nitrogens with zero attached hydrogens (tertiary/aromatic N) is 1. The van der Waals surface area contributed by atoms with E-state index in [0.717, 1.165) is 12.0 Å². The van der Waals surface area contributed by atoms with Crippen LogP contribution in [0.5, 0.6) is 0 Å². The first-order valence-electron chi connectivity index (χ1n) is 2.81. The van der Waals surface area contributed by atoms with E-state index >= 15 is 0 Å². The molecule has 48 valence electrons. The Morgan fingerprint density at radius 1 is 1.75 bits per heavy atom. The Hall–Kier alpha value is 1.04. The zero-order chi connectivity index (χ0) is 6.15. The third-order valence-corrected chi connectivity index (χ3v) is 3.58. The molecule has 1 aliphatic rings. The first-order valence-corrected chi connectivity index (χ1v) is 6.12. The van der Waals surface area contributed by atoms with Crippen molar-refractivity contribution in [3.63, 3.8) is 0 Å². The van der Waals surface area contributed by atoms with Crippen molar-refractivity contribution in [3.05, 3.63) is 0 Å². The van der Waals surface area contributed by atoms with Crippen LogP contribution in [0.1, 0.15) is 13.8 Å². The summed E-state index contributed by atoms with van der Waals surface area (Å²) in [7, 11) is 1.83. The van der Waals surface area contributed by atoms with E-state index in [9.17, 15) is 0 Å². The third-order valence-electron chi connectivity index (χ3n) is 1.46. The van der Waals surface area contributed by atoms with Crippen LogP contribution in [0.4, 0.5) is 0 Å². The van der Waals surface area contributed by atoms with Gasteiger partial charge in [-0.3, -0.25) is 0 Å². The topological polar surface area (TPSA) is 3.01 Å². The van der Waals surface area contributed by atoms with Crippen LogP contribution in [0.2, 0.25) is 0 Å². The highest BCUT2D eigenvalue weighted by molar-refractivity contribution is 14.2. The fourth-order valence-electron chi connectivity index (χ4n) is 0.760. The number of hydrogen-bond donors (Lipinski definition) is 0. The van der Waals surface area contributed by atoms with Crippen LogP contribution in [0.25, 0.3) is 0 Å². The van der Waals surface area contributed by atoms with Gasteiger partial charge in [0.2, 0.25) is 0 Å². The van der Waals surface area contributed by atoms with Crippen LogP contribution in [0.3, 0.4) is 0 Å². The molecule has 0 aromatic carbocycles. The first-order chi connectivity index (χ1) is 3.75. The van der Waals surface area contributed by atoms with E-state index in [1.807, 2.05) is 9.12 Å². The van der Waals surface area contributed by atoms with E-state index in [1.54, 1.807) is 0 Å². The van der Waals surface area contributed by atoms with E-state index in [1.165, 1.54) is 6.54 Å². The molecular weight excluding hydrogens is 233 g/mol. The number of halogens is 1. The Morgan fingerprint density at radius 2 is 2.38 bits per heavy atom. The summed E-state index contributed by atoms with van der Waals surface area (Å²) in [4.78, 5) is 0. The third kappa shape index (κ3) is 1.51. The average molecular weight is 243 g/mol. The summed E-state index contributed by atoms with van der Waals surface area (Å²) in [5, 5.41) is 0. The van der Waals surface area contributed by atoms with Crippen molar-refractivity contribution in [2.75, 3.05) is 6.54 Å². The van der Waals surface area contributed by atoms with Crippen LogP contribution in [0.15, 0.2) is 0 Å². The fraction of sp³-hybridized carbons (Fsp3) is 1.00. The van der Waals surface area contributed by atoms with E-state index in [2.05, 4.69) is 39.4 Å². The van der Waals surface area contributed by atoms with Crippen molar-refractivity contribution in [1.82, 2.24) is 4.31 Å². The number of rotatable bonds is 2. The molecule has 2 atom stereocenters. The van der Waals surface area contributed by atoms with Gasteiger partial charge in [-0.1, -0.05) is 13.8 Å². The lowest BCUT2D eigenvalue weighted by molar-refractivity contribution is 0.585. The molecule has 1 fully saturated rings. The van der Waals surface area contributed by atoms with Gasteiger partial charge < -0.3 is 0 Å². The molecule has 1 aliphatic heterocycles. The maximum absolute atomic E-state index is 2.39. The second kappa shape index (κ2) is 2.75. The quantitative estimate of drug-likeness (QED) is 0.416. The van der Waals surface area contributed by atoms with Crippen LogP contribution in [0, 0.1) is 5.92 Å². The molecule has 0 aromatic heterocycles. The molecule has 0 spiro atoms. The SMILES string of the molecule is CC(C)[C@@H]1CN1SI. The zero-order valence-electron chi connectivity index (χ0n) is 5.10. The summed E-state index contributed by atoms with van der Waals surface area (Å²) < 4.78 is 2.39. The normalized spacial score (nSPS) is 36.0. The smallest absolute Gasteiger partial charge is 0.0370 e. The molecule has 1 unspecified atom stereocenters. The molecule has 0 amide bonds. The fourth-order valence-corrected chi connectivity index (χ4v) is 2.67. The standard InChI is InChI=1S/C5H10INS/c1-4(2)5-3-7(5)8-6/h4-5H,3H2,1-2H3/t5-,7?/m0/s1. The van der Waals surface area contributed by atoms with Gasteiger partial charge in [0, 0.05) is 33.8 Å². The van der Waals surface area contributed by atoms with Gasteiger partial charge in [-0.05, 0) is 15.0 Å². The molecule has 0 bridgehead atoms. The lowest BCUT2D eigenvalue weighted by Crippen LogP contribution is -1.99. The van der Waals surface area contributed by atoms with Crippen molar-refractivity contribution in [2.45, 2.75) is 19.9 Å². The molecule has 1 heterocycles. The van der Waals surface area contributed by atoms with E-state index in [4.69, 9.17) is 0 Å². The van der Waals surface area contributed by atoms with E-state index < -0.39 is 0 Å². The molecular formula is C5H10INS. The highest BCUT2D eigenvalue weighted by atomic mass is 127. The second-order valence-corrected chi connectivity index (χ2v) is 4.27. The van der Waals surface area contributed by atoms with E-state index in [0.29, 0.717) is 0 Å². The lowest BCUT2D eigenvalue weighted by Gasteiger charge is -1.99. The maximum Gasteiger partial charge on any atom is 0.0370 e. The van der Waals surface area contributed by atoms with Gasteiger partial charge in [-0.15, -0.1) is 0 Å². The maximum atomic E-state index is 2.39. The highest BCUT2D eigenvalue weighted by Gasteiger charge is 2.36. The van der Waals surface area contributed by atoms with Gasteiger partial charge in [0.15, 0.2) is 0 Å². The minimum Gasteiger partial charge on any atom is -0.235 e. The second-order valence-electron chi connectivity index (χ2n) is 2.48. The Labute approximate surface area is 66.9 Å². The molecule has 0 saturated carbocycles. The number of hydrogen-bond acceptors (Lipinski definition) is 2. The predicted octanol–water partition coefficient (Wildman–Crippen LogP) is 2.32. The molecule has 0 aliphatic carbocycles. The van der Waals surface area contributed by atoms with Gasteiger partial charge in [-0.2, -0.15) is 0 Å². The minimum absolute atomic E-state index is 0.845. The molecule has 1 saturated heterocycles. The van der Waals surface area contributed by atoms with Crippen molar-refractivity contribution in [1.29, 1.82) is 0 Å². The Kier molecular flexibility index (Phi) is 2.46. The van der Waals surface area contributed by atoms with Gasteiger partial charge in [0.05, 0.1) is 0 Å². The molecule has 0 radical (unpaired) electrons. The van der Waals surface area contributed by atoms with Gasteiger partial charge in [0.25, 0.3) is 0 Å². The highest BCUT2D eigenvalue weighted by Crippen LogP contribution is 2.36. The lowest BCUT2D eigenvalue weighted by atomic mass is 10.1. The molecule has 0 aromatic rings. The predicted molar refractivity (Wildman–Crippen MR) is 46.9 cm³/mol. The first kappa shape index (κ1) is 7.15. The van der Waals surface area contributed by atoms with Crippen LogP contribution >= 0.6 is 30.3 Å². The summed E-state index contributed by atoms with van der Waals surface area (Å²) in [6.07, 6.45) is 0. The molecule has 8 heavy (non-hydrogen) atoms.